The fourth-order valence-corrected chi connectivity index (χ4v) is 2.97. The van der Waals surface area contributed by atoms with Crippen LogP contribution in [0, 0.1) is 5.82 Å². The molecule has 0 aliphatic heterocycles. The first kappa shape index (κ1) is 16.5. The molecule has 1 atom stereocenters. The lowest BCUT2D eigenvalue weighted by atomic mass is 10.0. The van der Waals surface area contributed by atoms with Gasteiger partial charge in [-0.25, -0.2) is 4.39 Å². The predicted octanol–water partition coefficient (Wildman–Crippen LogP) is 4.55. The first-order chi connectivity index (χ1) is 10.1. The molecule has 3 nitrogen and oxygen atoms in total. The largest absolute Gasteiger partial charge is 0.305 e. The van der Waals surface area contributed by atoms with E-state index in [2.05, 4.69) is 33.3 Å². The van der Waals surface area contributed by atoms with Crippen LogP contribution < -0.4 is 5.32 Å². The third-order valence-corrected chi connectivity index (χ3v) is 4.00. The Balaban J connectivity index is 2.53. The molecule has 1 heterocycles. The van der Waals surface area contributed by atoms with Crippen molar-refractivity contribution in [2.24, 2.45) is 0 Å². The van der Waals surface area contributed by atoms with Gasteiger partial charge >= 0.3 is 0 Å². The number of rotatable bonds is 6. The molecule has 0 radical (unpaired) electrons. The molecule has 0 saturated heterocycles. The molecule has 1 aromatic heterocycles. The normalized spacial score (nSPS) is 12.6. The van der Waals surface area contributed by atoms with Gasteiger partial charge in [0.2, 0.25) is 0 Å². The van der Waals surface area contributed by atoms with E-state index in [1.807, 2.05) is 11.6 Å². The van der Waals surface area contributed by atoms with Gasteiger partial charge in [0.15, 0.2) is 0 Å². The summed E-state index contributed by atoms with van der Waals surface area (Å²) in [6.45, 7) is 5.50. The zero-order valence-corrected chi connectivity index (χ0v) is 14.4. The highest BCUT2D eigenvalue weighted by atomic mass is 79.9. The molecule has 21 heavy (non-hydrogen) atoms. The third-order valence-electron chi connectivity index (χ3n) is 3.22. The van der Waals surface area contributed by atoms with Crippen molar-refractivity contribution in [3.8, 4) is 0 Å². The second kappa shape index (κ2) is 7.38. The van der Waals surface area contributed by atoms with E-state index in [1.165, 1.54) is 6.07 Å². The molecule has 0 saturated carbocycles. The van der Waals surface area contributed by atoms with Crippen molar-refractivity contribution in [2.45, 2.75) is 32.9 Å². The van der Waals surface area contributed by atoms with Gasteiger partial charge in [-0.2, -0.15) is 5.10 Å². The fourth-order valence-electron chi connectivity index (χ4n) is 2.34. The van der Waals surface area contributed by atoms with E-state index in [1.54, 1.807) is 18.3 Å². The number of halogens is 3. The Kier molecular flexibility index (Phi) is 5.79. The average Bonchev–Trinajstić information content (AvgIpc) is 2.81. The lowest BCUT2D eigenvalue weighted by Gasteiger charge is -2.21. The highest BCUT2D eigenvalue weighted by Crippen LogP contribution is 2.31. The lowest BCUT2D eigenvalue weighted by Crippen LogP contribution is -2.26. The zero-order valence-electron chi connectivity index (χ0n) is 12.0. The van der Waals surface area contributed by atoms with Crippen LogP contribution in [0.3, 0.4) is 0 Å². The molecule has 0 bridgehead atoms. The van der Waals surface area contributed by atoms with E-state index < -0.39 is 0 Å². The Bertz CT molecular complexity index is 615. The van der Waals surface area contributed by atoms with Gasteiger partial charge in [-0.1, -0.05) is 41.4 Å². The maximum atomic E-state index is 14.3. The van der Waals surface area contributed by atoms with Crippen molar-refractivity contribution in [1.29, 1.82) is 0 Å². The summed E-state index contributed by atoms with van der Waals surface area (Å²) in [4.78, 5) is 0. The summed E-state index contributed by atoms with van der Waals surface area (Å²) in [5, 5.41) is 8.15. The van der Waals surface area contributed by atoms with Crippen LogP contribution in [0.4, 0.5) is 4.39 Å². The maximum absolute atomic E-state index is 14.3. The van der Waals surface area contributed by atoms with Gasteiger partial charge in [-0.05, 0) is 31.2 Å². The van der Waals surface area contributed by atoms with E-state index in [4.69, 9.17) is 11.6 Å². The minimum atomic E-state index is -0.325. The highest BCUT2D eigenvalue weighted by molar-refractivity contribution is 9.10. The summed E-state index contributed by atoms with van der Waals surface area (Å²) in [6, 6.07) is 4.60. The average molecular weight is 375 g/mol. The van der Waals surface area contributed by atoms with Gasteiger partial charge in [-0.15, -0.1) is 0 Å². The van der Waals surface area contributed by atoms with E-state index in [-0.39, 0.29) is 11.9 Å². The topological polar surface area (TPSA) is 29.9 Å². The molecule has 1 aromatic carbocycles. The SMILES string of the molecule is CCCn1ncc(Cl)c1C(NCC)c1cc(Br)ccc1F. The molecular formula is C15H18BrClFN3. The number of hydrogen-bond donors (Lipinski definition) is 1. The third kappa shape index (κ3) is 3.65. The number of aromatic nitrogens is 2. The Hall–Kier alpha value is -0.910. The van der Waals surface area contributed by atoms with E-state index in [9.17, 15) is 4.39 Å². The van der Waals surface area contributed by atoms with Gasteiger partial charge in [0.1, 0.15) is 5.82 Å². The molecule has 0 spiro atoms. The van der Waals surface area contributed by atoms with Crippen LogP contribution >= 0.6 is 27.5 Å². The molecule has 1 N–H and O–H groups in total. The summed E-state index contributed by atoms with van der Waals surface area (Å²) in [5.41, 5.74) is 1.36. The smallest absolute Gasteiger partial charge is 0.128 e. The van der Waals surface area contributed by atoms with Crippen molar-refractivity contribution >= 4 is 27.5 Å². The molecule has 6 heteroatoms. The molecule has 0 fully saturated rings. The van der Waals surface area contributed by atoms with Crippen LogP contribution in [0.2, 0.25) is 5.02 Å². The number of benzene rings is 1. The summed E-state index contributed by atoms with van der Waals surface area (Å²) >= 11 is 9.69. The lowest BCUT2D eigenvalue weighted by molar-refractivity contribution is 0.502. The second-order valence-corrected chi connectivity index (χ2v) is 6.08. The van der Waals surface area contributed by atoms with Crippen LogP contribution in [-0.4, -0.2) is 16.3 Å². The minimum absolute atomic E-state index is 0.260. The van der Waals surface area contributed by atoms with Gasteiger partial charge in [-0.3, -0.25) is 4.68 Å². The summed E-state index contributed by atoms with van der Waals surface area (Å²) in [6.07, 6.45) is 2.55. The Labute approximate surface area is 137 Å². The van der Waals surface area contributed by atoms with Crippen LogP contribution in [0.15, 0.2) is 28.9 Å². The molecule has 1 unspecified atom stereocenters. The van der Waals surface area contributed by atoms with Crippen molar-refractivity contribution < 1.29 is 4.39 Å². The Morgan fingerprint density at radius 1 is 1.43 bits per heavy atom. The summed E-state index contributed by atoms with van der Waals surface area (Å²) in [7, 11) is 0. The summed E-state index contributed by atoms with van der Waals surface area (Å²) < 4.78 is 16.9. The van der Waals surface area contributed by atoms with E-state index >= 15 is 0 Å². The predicted molar refractivity (Wildman–Crippen MR) is 87.1 cm³/mol. The van der Waals surface area contributed by atoms with Crippen LogP contribution in [0.1, 0.15) is 37.6 Å². The van der Waals surface area contributed by atoms with E-state index in [0.29, 0.717) is 17.1 Å². The quantitative estimate of drug-likeness (QED) is 0.804. The Morgan fingerprint density at radius 2 is 2.19 bits per heavy atom. The molecule has 0 aliphatic rings. The number of aryl methyl sites for hydroxylation is 1. The standard InChI is InChI=1S/C15H18BrClFN3/c1-3-7-21-15(12(17)9-20-21)14(19-4-2)11-8-10(16)5-6-13(11)18/h5-6,8-9,14,19H,3-4,7H2,1-2H3. The molecular weight excluding hydrogens is 357 g/mol. The molecule has 114 valence electrons. The first-order valence-electron chi connectivity index (χ1n) is 6.98. The van der Waals surface area contributed by atoms with Crippen molar-refractivity contribution in [1.82, 2.24) is 15.1 Å². The van der Waals surface area contributed by atoms with Crippen molar-refractivity contribution in [3.05, 3.63) is 51.0 Å². The van der Waals surface area contributed by atoms with Crippen molar-refractivity contribution in [2.75, 3.05) is 6.54 Å². The van der Waals surface area contributed by atoms with Crippen LogP contribution in [0.5, 0.6) is 0 Å². The van der Waals surface area contributed by atoms with E-state index in [0.717, 1.165) is 23.1 Å². The zero-order chi connectivity index (χ0) is 15.4. The van der Waals surface area contributed by atoms with Gasteiger partial charge in [0.05, 0.1) is 23.0 Å². The molecule has 0 aliphatic carbocycles. The number of nitrogens with one attached hydrogen (secondary N) is 1. The minimum Gasteiger partial charge on any atom is -0.305 e. The van der Waals surface area contributed by atoms with Crippen LogP contribution in [0.25, 0.3) is 0 Å². The van der Waals surface area contributed by atoms with Gasteiger partial charge in [0.25, 0.3) is 0 Å². The molecule has 0 amide bonds. The Morgan fingerprint density at radius 3 is 2.86 bits per heavy atom. The monoisotopic (exact) mass is 373 g/mol. The molecule has 2 aromatic rings. The van der Waals surface area contributed by atoms with Gasteiger partial charge in [0, 0.05) is 16.6 Å². The second-order valence-electron chi connectivity index (χ2n) is 4.76. The summed E-state index contributed by atoms with van der Waals surface area (Å²) in [5.74, 6) is -0.260. The fraction of sp³-hybridized carbons (Fsp3) is 0.400. The first-order valence-corrected chi connectivity index (χ1v) is 8.15. The van der Waals surface area contributed by atoms with Crippen LogP contribution in [-0.2, 0) is 6.54 Å². The molecule has 2 rings (SSSR count). The number of nitrogens with zero attached hydrogens (tertiary/aromatic N) is 2. The number of hydrogen-bond acceptors (Lipinski definition) is 2. The highest BCUT2D eigenvalue weighted by Gasteiger charge is 2.24. The maximum Gasteiger partial charge on any atom is 0.128 e. The van der Waals surface area contributed by atoms with Crippen molar-refractivity contribution in [3.63, 3.8) is 0 Å². The van der Waals surface area contributed by atoms with Gasteiger partial charge < -0.3 is 5.32 Å².